The topological polar surface area (TPSA) is 64.0 Å². The van der Waals surface area contributed by atoms with Gasteiger partial charge in [-0.1, -0.05) is 0 Å². The molecule has 0 N–H and O–H groups in total. The van der Waals surface area contributed by atoms with Gasteiger partial charge < -0.3 is 14.5 Å². The van der Waals surface area contributed by atoms with Crippen LogP contribution in [-0.4, -0.2) is 76.0 Å². The Morgan fingerprint density at radius 2 is 1.97 bits per heavy atom. The third kappa shape index (κ3) is 3.11. The summed E-state index contributed by atoms with van der Waals surface area (Å²) in [5, 5.41) is 4.05. The van der Waals surface area contributed by atoms with Crippen LogP contribution in [-0.2, 0) is 9.53 Å². The van der Waals surface area contributed by atoms with Crippen LogP contribution in [0, 0.1) is 11.6 Å². The van der Waals surface area contributed by atoms with Crippen molar-refractivity contribution in [3.63, 3.8) is 0 Å². The molecule has 1 aromatic carbocycles. The molecule has 4 atom stereocenters. The number of likely N-dealkylation sites (N-methyl/N-ethyl adjacent to an activating group) is 1. The van der Waals surface area contributed by atoms with E-state index in [-0.39, 0.29) is 24.2 Å². The van der Waals surface area contributed by atoms with Crippen LogP contribution in [0.2, 0.25) is 0 Å². The molecule has 6 rings (SSSR count). The van der Waals surface area contributed by atoms with Gasteiger partial charge in [0.15, 0.2) is 5.60 Å². The molecule has 1 amide bonds. The van der Waals surface area contributed by atoms with Crippen LogP contribution in [0.4, 0.5) is 8.78 Å². The van der Waals surface area contributed by atoms with E-state index in [9.17, 15) is 13.6 Å². The Kier molecular flexibility index (Phi) is 4.60. The molecule has 5 aliphatic heterocycles. The average Bonchev–Trinajstić information content (AvgIpc) is 3.42. The summed E-state index contributed by atoms with van der Waals surface area (Å²) in [6.45, 7) is 3.45. The molecular weight excluding hydrogens is 430 g/mol. The number of fused-ring (bicyclic) bond motifs is 2. The van der Waals surface area contributed by atoms with Gasteiger partial charge in [-0.05, 0) is 43.5 Å². The normalized spacial score (nSPS) is 33.6. The summed E-state index contributed by atoms with van der Waals surface area (Å²) < 4.78 is 34.1. The average molecular weight is 456 g/mol. The number of likely N-dealkylation sites (tertiary alicyclic amines) is 1. The Morgan fingerprint density at radius 3 is 2.73 bits per heavy atom. The van der Waals surface area contributed by atoms with E-state index in [4.69, 9.17) is 4.74 Å². The number of aliphatic imine (C=N–C) groups is 2. The van der Waals surface area contributed by atoms with E-state index in [1.807, 2.05) is 12.1 Å². The fraction of sp³-hybridized carbons (Fsp3) is 0.522. The Bertz CT molecular complexity index is 1090. The first-order valence-corrected chi connectivity index (χ1v) is 11.4. The maximum absolute atomic E-state index is 13.8. The number of benzene rings is 1. The highest BCUT2D eigenvalue weighted by Gasteiger charge is 2.59. The second-order valence-electron chi connectivity index (χ2n) is 9.46. The van der Waals surface area contributed by atoms with Crippen LogP contribution in [0.5, 0.6) is 0 Å². The van der Waals surface area contributed by atoms with Crippen molar-refractivity contribution >= 4 is 18.2 Å². The number of carbonyl (C=O) groups is 1. The molecule has 174 valence electrons. The molecule has 3 saturated heterocycles. The lowest BCUT2D eigenvalue weighted by molar-refractivity contribution is -0.144. The molecule has 2 unspecified atom stereocenters. The van der Waals surface area contributed by atoms with Crippen molar-refractivity contribution in [2.24, 2.45) is 9.98 Å². The van der Waals surface area contributed by atoms with Crippen molar-refractivity contribution in [1.29, 1.82) is 0 Å². The highest BCUT2D eigenvalue weighted by atomic mass is 19.1. The minimum absolute atomic E-state index is 0.00768. The second kappa shape index (κ2) is 7.33. The molecule has 8 nitrogen and oxygen atoms in total. The van der Waals surface area contributed by atoms with Crippen molar-refractivity contribution in [3.8, 4) is 0 Å². The summed E-state index contributed by atoms with van der Waals surface area (Å²) in [6, 6.07) is 3.13. The molecule has 0 bridgehead atoms. The Labute approximate surface area is 190 Å². The summed E-state index contributed by atoms with van der Waals surface area (Å²) >= 11 is 0. The second-order valence-corrected chi connectivity index (χ2v) is 9.46. The molecule has 0 radical (unpaired) electrons. The zero-order chi connectivity index (χ0) is 22.9. The van der Waals surface area contributed by atoms with Crippen LogP contribution >= 0.6 is 0 Å². The molecule has 0 saturated carbocycles. The van der Waals surface area contributed by atoms with E-state index in [1.54, 1.807) is 11.2 Å². The van der Waals surface area contributed by atoms with Crippen LogP contribution in [0.1, 0.15) is 44.2 Å². The van der Waals surface area contributed by atoms with Gasteiger partial charge in [-0.25, -0.2) is 28.8 Å². The highest BCUT2D eigenvalue weighted by Crippen LogP contribution is 2.48. The van der Waals surface area contributed by atoms with Crippen molar-refractivity contribution < 1.29 is 18.3 Å². The molecule has 0 aliphatic carbocycles. The number of hydrogen-bond acceptors (Lipinski definition) is 7. The number of rotatable bonds is 1. The molecule has 1 aromatic rings. The standard InChI is InChI=1S/C23H26F2N6O2/c1-14-12-23(6-8-29(14)22-27-13-26-19-5-7-28(2)31(19)22)21(32)30-18(3-4-20(30)33-23)15-9-16(24)11-17(25)10-15/h5,9-11,13-14,18,20H,3-4,6-8,12H2,1-2H3/t14?,18-,20+,23?/m0/s1. The summed E-state index contributed by atoms with van der Waals surface area (Å²) in [6.07, 6.45) is 5.61. The lowest BCUT2D eigenvalue weighted by Crippen LogP contribution is -2.59. The van der Waals surface area contributed by atoms with E-state index < -0.39 is 17.2 Å². The summed E-state index contributed by atoms with van der Waals surface area (Å²) in [5.41, 5.74) is -0.425. The number of hydrazine groups is 1. The zero-order valence-electron chi connectivity index (χ0n) is 18.6. The third-order valence-electron chi connectivity index (χ3n) is 7.41. The summed E-state index contributed by atoms with van der Waals surface area (Å²) in [4.78, 5) is 26.5. The molecule has 5 heterocycles. The van der Waals surface area contributed by atoms with Gasteiger partial charge in [0.1, 0.15) is 30.0 Å². The van der Waals surface area contributed by atoms with Gasteiger partial charge >= 0.3 is 0 Å². The van der Waals surface area contributed by atoms with Gasteiger partial charge in [0.25, 0.3) is 5.91 Å². The van der Waals surface area contributed by atoms with Crippen molar-refractivity contribution in [3.05, 3.63) is 47.3 Å². The monoisotopic (exact) mass is 456 g/mol. The van der Waals surface area contributed by atoms with Crippen LogP contribution < -0.4 is 0 Å². The van der Waals surface area contributed by atoms with Crippen LogP contribution in [0.25, 0.3) is 0 Å². The van der Waals surface area contributed by atoms with Gasteiger partial charge in [-0.3, -0.25) is 4.79 Å². The molecule has 10 heteroatoms. The van der Waals surface area contributed by atoms with Gasteiger partial charge in [0, 0.05) is 45.1 Å². The van der Waals surface area contributed by atoms with Gasteiger partial charge in [-0.2, -0.15) is 0 Å². The SMILES string of the molecule is CC1CC2(CCN1C1=NC=NC3=CCN(C)N31)O[C@@H]1CC[C@@H](c3cc(F)cc(F)c3)N1C2=O. The Morgan fingerprint density at radius 1 is 1.18 bits per heavy atom. The number of piperidine rings is 1. The Hall–Kier alpha value is -2.85. The maximum Gasteiger partial charge on any atom is 0.257 e. The fourth-order valence-electron chi connectivity index (χ4n) is 5.93. The predicted molar refractivity (Wildman–Crippen MR) is 117 cm³/mol. The van der Waals surface area contributed by atoms with Crippen LogP contribution in [0.3, 0.4) is 0 Å². The first-order valence-electron chi connectivity index (χ1n) is 11.4. The quantitative estimate of drug-likeness (QED) is 0.650. The van der Waals surface area contributed by atoms with E-state index in [0.717, 1.165) is 24.4 Å². The number of ether oxygens (including phenoxy) is 1. The van der Waals surface area contributed by atoms with E-state index in [1.165, 1.54) is 12.1 Å². The van der Waals surface area contributed by atoms with Gasteiger partial charge in [0.2, 0.25) is 5.96 Å². The highest BCUT2D eigenvalue weighted by molar-refractivity contribution is 5.92. The molecule has 5 aliphatic rings. The predicted octanol–water partition coefficient (Wildman–Crippen LogP) is 2.61. The maximum atomic E-state index is 13.8. The smallest absolute Gasteiger partial charge is 0.257 e. The lowest BCUT2D eigenvalue weighted by Gasteiger charge is -2.46. The summed E-state index contributed by atoms with van der Waals surface area (Å²) in [5.74, 6) is 0.327. The van der Waals surface area contributed by atoms with Crippen molar-refractivity contribution in [1.82, 2.24) is 19.8 Å². The molecule has 3 fully saturated rings. The number of nitrogens with zero attached hydrogens (tertiary/aromatic N) is 6. The minimum atomic E-state index is -0.913. The van der Waals surface area contributed by atoms with E-state index >= 15 is 0 Å². The number of amides is 1. The minimum Gasteiger partial charge on any atom is -0.342 e. The van der Waals surface area contributed by atoms with Crippen LogP contribution in [0.15, 0.2) is 40.1 Å². The fourth-order valence-corrected chi connectivity index (χ4v) is 5.93. The first kappa shape index (κ1) is 20.7. The van der Waals surface area contributed by atoms with Gasteiger partial charge in [-0.15, -0.1) is 0 Å². The first-order chi connectivity index (χ1) is 15.9. The largest absolute Gasteiger partial charge is 0.342 e. The number of guanidine groups is 1. The van der Waals surface area contributed by atoms with E-state index in [0.29, 0.717) is 37.8 Å². The molecule has 33 heavy (non-hydrogen) atoms. The van der Waals surface area contributed by atoms with Gasteiger partial charge in [0.05, 0.1) is 6.04 Å². The molecule has 1 spiro atoms. The summed E-state index contributed by atoms with van der Waals surface area (Å²) in [7, 11) is 1.99. The lowest BCUT2D eigenvalue weighted by atomic mass is 9.85. The number of hydrogen-bond donors (Lipinski definition) is 0. The number of halogens is 2. The Balaban J connectivity index is 1.23. The van der Waals surface area contributed by atoms with E-state index in [2.05, 4.69) is 32.9 Å². The molecular formula is C23H26F2N6O2. The third-order valence-corrected chi connectivity index (χ3v) is 7.41. The number of carbonyl (C=O) groups excluding carboxylic acids is 1. The van der Waals surface area contributed by atoms with Crippen molar-refractivity contribution in [2.75, 3.05) is 20.1 Å². The van der Waals surface area contributed by atoms with Crippen molar-refractivity contribution in [2.45, 2.75) is 56.5 Å². The molecule has 0 aromatic heterocycles. The zero-order valence-corrected chi connectivity index (χ0v) is 18.6.